The fraction of sp³-hybridized carbons (Fsp3) is 0.250. The van der Waals surface area contributed by atoms with Gasteiger partial charge in [-0.15, -0.1) is 0 Å². The van der Waals surface area contributed by atoms with Crippen LogP contribution in [0.4, 0.5) is 4.39 Å². The van der Waals surface area contributed by atoms with Crippen LogP contribution in [-0.4, -0.2) is 35.2 Å². The topological polar surface area (TPSA) is 67.2 Å². The molecular weight excluding hydrogens is 319 g/mol. The van der Waals surface area contributed by atoms with Crippen LogP contribution in [0.1, 0.15) is 28.9 Å². The molecule has 0 aromatic carbocycles. The Kier molecular flexibility index (Phi) is 4.34. The van der Waals surface area contributed by atoms with E-state index in [1.807, 2.05) is 0 Å². The molecule has 0 spiro atoms. The molecule has 2 heterocycles. The maximum atomic E-state index is 13.7. The van der Waals surface area contributed by atoms with Crippen LogP contribution in [0.2, 0.25) is 5.15 Å². The molecule has 0 radical (unpaired) electrons. The van der Waals surface area contributed by atoms with Gasteiger partial charge in [-0.05, 0) is 36.6 Å². The van der Waals surface area contributed by atoms with Crippen molar-refractivity contribution in [2.75, 3.05) is 7.05 Å². The van der Waals surface area contributed by atoms with Crippen LogP contribution in [0.5, 0.6) is 0 Å². The molecule has 1 saturated carbocycles. The monoisotopic (exact) mass is 332 g/mol. The number of nitrogens with one attached hydrogen (secondary N) is 1. The van der Waals surface area contributed by atoms with E-state index in [4.69, 9.17) is 11.6 Å². The number of hydrogen-bond donors (Lipinski definition) is 1. The highest BCUT2D eigenvalue weighted by molar-refractivity contribution is 6.29. The molecule has 0 saturated heterocycles. The summed E-state index contributed by atoms with van der Waals surface area (Å²) < 4.78 is 13.7. The molecule has 0 unspecified atom stereocenters. The van der Waals surface area contributed by atoms with Gasteiger partial charge in [-0.2, -0.15) is 4.39 Å². The van der Waals surface area contributed by atoms with Gasteiger partial charge in [0.1, 0.15) is 10.8 Å². The largest absolute Gasteiger partial charge is 0.354 e. The summed E-state index contributed by atoms with van der Waals surface area (Å²) in [6.45, 7) is 0. The Hall–Kier alpha value is -2.34. The van der Waals surface area contributed by atoms with E-state index in [-0.39, 0.29) is 10.8 Å². The lowest BCUT2D eigenvalue weighted by atomic mass is 10.1. The number of carbonyl (C=O) groups excluding carboxylic acids is 1. The number of aliphatic imine (C=N–C) groups is 1. The molecule has 118 valence electrons. The molecule has 2 aromatic rings. The summed E-state index contributed by atoms with van der Waals surface area (Å²) in [5.41, 5.74) is 1.66. The maximum absolute atomic E-state index is 13.7. The predicted molar refractivity (Wildman–Crippen MR) is 86.4 cm³/mol. The summed E-state index contributed by atoms with van der Waals surface area (Å²) in [7, 11) is 1.46. The molecule has 0 aliphatic heterocycles. The van der Waals surface area contributed by atoms with Gasteiger partial charge in [0.05, 0.1) is 11.7 Å². The van der Waals surface area contributed by atoms with E-state index in [9.17, 15) is 9.18 Å². The Balaban J connectivity index is 2.00. The first-order valence-electron chi connectivity index (χ1n) is 7.16. The molecule has 5 nitrogen and oxygen atoms in total. The summed E-state index contributed by atoms with van der Waals surface area (Å²) in [6.07, 6.45) is 3.95. The van der Waals surface area contributed by atoms with Crippen molar-refractivity contribution in [3.8, 4) is 11.3 Å². The SMILES string of the molecule is CNC(=O)c1cc(-c2cc(C=NC3CC3)cc(Cl)n2)cc(F)n1. The summed E-state index contributed by atoms with van der Waals surface area (Å²) in [4.78, 5) is 23.8. The first-order chi connectivity index (χ1) is 11.0. The van der Waals surface area contributed by atoms with Crippen molar-refractivity contribution in [1.82, 2.24) is 15.3 Å². The molecule has 23 heavy (non-hydrogen) atoms. The van der Waals surface area contributed by atoms with E-state index >= 15 is 0 Å². The minimum Gasteiger partial charge on any atom is -0.354 e. The lowest BCUT2D eigenvalue weighted by molar-refractivity contribution is 0.0957. The van der Waals surface area contributed by atoms with Crippen LogP contribution in [0.15, 0.2) is 29.3 Å². The van der Waals surface area contributed by atoms with Crippen molar-refractivity contribution in [3.63, 3.8) is 0 Å². The predicted octanol–water partition coefficient (Wildman–Crippen LogP) is 2.88. The van der Waals surface area contributed by atoms with Gasteiger partial charge in [0, 0.05) is 24.9 Å². The summed E-state index contributed by atoms with van der Waals surface area (Å²) in [5.74, 6) is -1.22. The zero-order valence-corrected chi connectivity index (χ0v) is 13.1. The number of rotatable bonds is 4. The van der Waals surface area contributed by atoms with E-state index in [0.29, 0.717) is 17.3 Å². The second-order valence-corrected chi connectivity index (χ2v) is 5.65. The fourth-order valence-corrected chi connectivity index (χ4v) is 2.26. The Morgan fingerprint density at radius 2 is 2.13 bits per heavy atom. The standard InChI is InChI=1S/C16H14ClFN4O/c1-19-16(23)13-6-10(7-15(18)22-13)12-4-9(5-14(17)21-12)8-20-11-2-3-11/h4-8,11H,2-3H2,1H3,(H,19,23). The molecule has 3 rings (SSSR count). The molecule has 0 bridgehead atoms. The molecule has 1 N–H and O–H groups in total. The van der Waals surface area contributed by atoms with Crippen LogP contribution in [0.25, 0.3) is 11.3 Å². The van der Waals surface area contributed by atoms with Crippen LogP contribution < -0.4 is 5.32 Å². The molecule has 1 aliphatic rings. The third-order valence-corrected chi connectivity index (χ3v) is 3.54. The zero-order chi connectivity index (χ0) is 16.4. The van der Waals surface area contributed by atoms with Gasteiger partial charge < -0.3 is 5.32 Å². The zero-order valence-electron chi connectivity index (χ0n) is 12.4. The van der Waals surface area contributed by atoms with Crippen LogP contribution in [0, 0.1) is 5.95 Å². The van der Waals surface area contributed by atoms with E-state index in [1.165, 1.54) is 19.2 Å². The van der Waals surface area contributed by atoms with E-state index in [1.54, 1.807) is 18.3 Å². The van der Waals surface area contributed by atoms with Crippen molar-refractivity contribution in [2.24, 2.45) is 4.99 Å². The number of aromatic nitrogens is 2. The van der Waals surface area contributed by atoms with E-state index in [0.717, 1.165) is 18.4 Å². The first-order valence-corrected chi connectivity index (χ1v) is 7.54. The number of hydrogen-bond acceptors (Lipinski definition) is 4. The van der Waals surface area contributed by atoms with Crippen molar-refractivity contribution in [3.05, 3.63) is 46.6 Å². The van der Waals surface area contributed by atoms with Gasteiger partial charge in [0.25, 0.3) is 5.91 Å². The first kappa shape index (κ1) is 15.6. The van der Waals surface area contributed by atoms with Gasteiger partial charge in [0.15, 0.2) is 0 Å². The number of amides is 1. The van der Waals surface area contributed by atoms with E-state index in [2.05, 4.69) is 20.3 Å². The second kappa shape index (κ2) is 6.42. The Morgan fingerprint density at radius 3 is 2.83 bits per heavy atom. The average Bonchev–Trinajstić information content (AvgIpc) is 3.35. The second-order valence-electron chi connectivity index (χ2n) is 5.26. The summed E-state index contributed by atoms with van der Waals surface area (Å²) in [5, 5.41) is 2.69. The summed E-state index contributed by atoms with van der Waals surface area (Å²) >= 11 is 6.04. The molecule has 1 aliphatic carbocycles. The number of pyridine rings is 2. The normalized spacial score (nSPS) is 14.2. The minimum atomic E-state index is -0.754. The van der Waals surface area contributed by atoms with Crippen molar-refractivity contribution in [2.45, 2.75) is 18.9 Å². The smallest absolute Gasteiger partial charge is 0.269 e. The fourth-order valence-electron chi connectivity index (χ4n) is 2.04. The van der Waals surface area contributed by atoms with Gasteiger partial charge >= 0.3 is 0 Å². The van der Waals surface area contributed by atoms with Gasteiger partial charge in [0.2, 0.25) is 5.95 Å². The minimum absolute atomic E-state index is 0.0162. The Bertz CT molecular complexity index is 790. The molecule has 1 amide bonds. The lowest BCUT2D eigenvalue weighted by Crippen LogP contribution is -2.19. The Morgan fingerprint density at radius 1 is 1.35 bits per heavy atom. The third-order valence-electron chi connectivity index (χ3n) is 3.35. The highest BCUT2D eigenvalue weighted by Gasteiger charge is 2.19. The molecule has 0 atom stereocenters. The number of carbonyl (C=O) groups is 1. The molecule has 2 aromatic heterocycles. The molecular formula is C16H14ClFN4O. The average molecular weight is 333 g/mol. The van der Waals surface area contributed by atoms with Gasteiger partial charge in [-0.3, -0.25) is 9.79 Å². The molecule has 7 heteroatoms. The maximum Gasteiger partial charge on any atom is 0.269 e. The van der Waals surface area contributed by atoms with Crippen LogP contribution in [0.3, 0.4) is 0 Å². The van der Waals surface area contributed by atoms with Crippen LogP contribution >= 0.6 is 11.6 Å². The van der Waals surface area contributed by atoms with Gasteiger partial charge in [-0.1, -0.05) is 11.6 Å². The lowest BCUT2D eigenvalue weighted by Gasteiger charge is -2.06. The molecule has 1 fully saturated rings. The van der Waals surface area contributed by atoms with Gasteiger partial charge in [-0.25, -0.2) is 9.97 Å². The van der Waals surface area contributed by atoms with Crippen molar-refractivity contribution < 1.29 is 9.18 Å². The highest BCUT2D eigenvalue weighted by atomic mass is 35.5. The number of nitrogens with zero attached hydrogens (tertiary/aromatic N) is 3. The Labute approximate surface area is 137 Å². The number of halogens is 2. The van der Waals surface area contributed by atoms with Crippen molar-refractivity contribution in [1.29, 1.82) is 0 Å². The van der Waals surface area contributed by atoms with E-state index < -0.39 is 11.9 Å². The quantitative estimate of drug-likeness (QED) is 0.691. The van der Waals surface area contributed by atoms with Crippen molar-refractivity contribution >= 4 is 23.7 Å². The van der Waals surface area contributed by atoms with Crippen LogP contribution in [-0.2, 0) is 0 Å². The highest BCUT2D eigenvalue weighted by Crippen LogP contribution is 2.25. The third kappa shape index (κ3) is 3.90. The summed E-state index contributed by atoms with van der Waals surface area (Å²) in [6, 6.07) is 6.52.